The first-order chi connectivity index (χ1) is 13.7. The van der Waals surface area contributed by atoms with Gasteiger partial charge < -0.3 is 19.7 Å². The molecule has 1 aromatic rings. The third-order valence-corrected chi connectivity index (χ3v) is 5.64. The van der Waals surface area contributed by atoms with Gasteiger partial charge in [0.2, 0.25) is 5.91 Å². The predicted molar refractivity (Wildman–Crippen MR) is 112 cm³/mol. The van der Waals surface area contributed by atoms with E-state index in [9.17, 15) is 4.79 Å². The highest BCUT2D eigenvalue weighted by Gasteiger charge is 2.21. The zero-order valence-corrected chi connectivity index (χ0v) is 17.4. The number of rotatable bonds is 11. The van der Waals surface area contributed by atoms with E-state index in [0.29, 0.717) is 19.6 Å². The molecule has 0 bridgehead atoms. The Kier molecular flexibility index (Phi) is 8.46. The zero-order valence-electron chi connectivity index (χ0n) is 17.4. The number of benzene rings is 1. The third-order valence-electron chi connectivity index (χ3n) is 5.64. The lowest BCUT2D eigenvalue weighted by atomic mass is 10.0. The largest absolute Gasteiger partial charge is 0.486 e. The van der Waals surface area contributed by atoms with Gasteiger partial charge in [0.25, 0.3) is 0 Å². The number of fused-ring (bicyclic) bond motifs is 1. The smallest absolute Gasteiger partial charge is 0.220 e. The highest BCUT2D eigenvalue weighted by atomic mass is 16.6. The van der Waals surface area contributed by atoms with Crippen molar-refractivity contribution in [2.24, 2.45) is 0 Å². The van der Waals surface area contributed by atoms with Crippen LogP contribution in [0, 0.1) is 0 Å². The number of hydrogen-bond donors (Lipinski definition) is 1. The van der Waals surface area contributed by atoms with Gasteiger partial charge in [-0.3, -0.25) is 4.79 Å². The Labute approximate surface area is 169 Å². The molecule has 5 heteroatoms. The Balaban J connectivity index is 1.54. The van der Waals surface area contributed by atoms with Gasteiger partial charge in [0, 0.05) is 19.0 Å². The van der Waals surface area contributed by atoms with Crippen molar-refractivity contribution in [3.8, 4) is 11.5 Å². The van der Waals surface area contributed by atoms with Crippen LogP contribution in [0.3, 0.4) is 0 Å². The summed E-state index contributed by atoms with van der Waals surface area (Å²) in [6.45, 7) is 6.64. The molecular weight excluding hydrogens is 352 g/mol. The number of carbonyl (C=O) groups is 1. The van der Waals surface area contributed by atoms with Crippen molar-refractivity contribution in [1.29, 1.82) is 0 Å². The zero-order chi connectivity index (χ0) is 19.6. The number of ether oxygens (including phenoxy) is 2. The summed E-state index contributed by atoms with van der Waals surface area (Å²) in [6, 6.07) is 6.31. The molecule has 0 spiro atoms. The normalized spacial score (nSPS) is 17.5. The second-order valence-electron chi connectivity index (χ2n) is 8.12. The van der Waals surface area contributed by atoms with Crippen LogP contribution in [-0.4, -0.2) is 49.7 Å². The minimum Gasteiger partial charge on any atom is -0.486 e. The lowest BCUT2D eigenvalue weighted by molar-refractivity contribution is -0.122. The van der Waals surface area contributed by atoms with Crippen molar-refractivity contribution < 1.29 is 14.3 Å². The maximum atomic E-state index is 12.5. The molecule has 1 saturated heterocycles. The summed E-state index contributed by atoms with van der Waals surface area (Å²) >= 11 is 0. The van der Waals surface area contributed by atoms with Gasteiger partial charge in [-0.1, -0.05) is 38.7 Å². The van der Waals surface area contributed by atoms with E-state index in [0.717, 1.165) is 50.4 Å². The summed E-state index contributed by atoms with van der Waals surface area (Å²) in [6.07, 6.45) is 9.88. The molecule has 1 amide bonds. The molecule has 2 heterocycles. The molecule has 2 aliphatic rings. The van der Waals surface area contributed by atoms with E-state index in [4.69, 9.17) is 9.47 Å². The van der Waals surface area contributed by atoms with E-state index in [2.05, 4.69) is 29.3 Å². The molecule has 156 valence electrons. The summed E-state index contributed by atoms with van der Waals surface area (Å²) < 4.78 is 11.3. The topological polar surface area (TPSA) is 50.8 Å². The lowest BCUT2D eigenvalue weighted by Gasteiger charge is -2.25. The van der Waals surface area contributed by atoms with Gasteiger partial charge in [-0.05, 0) is 56.5 Å². The Bertz CT molecular complexity index is 614. The SMILES string of the molecule is CCCCCCCC(=O)N[C@@H](Cc1ccc2c(c1)OCCO2)CN1CCCC1. The minimum absolute atomic E-state index is 0.142. The summed E-state index contributed by atoms with van der Waals surface area (Å²) in [5.41, 5.74) is 1.19. The van der Waals surface area contributed by atoms with Crippen molar-refractivity contribution in [3.05, 3.63) is 23.8 Å². The lowest BCUT2D eigenvalue weighted by Crippen LogP contribution is -2.44. The number of hydrogen-bond acceptors (Lipinski definition) is 4. The van der Waals surface area contributed by atoms with Crippen molar-refractivity contribution >= 4 is 5.91 Å². The number of carbonyl (C=O) groups excluding carboxylic acids is 1. The summed E-state index contributed by atoms with van der Waals surface area (Å²) in [4.78, 5) is 15.0. The summed E-state index contributed by atoms with van der Waals surface area (Å²) in [5.74, 6) is 1.84. The van der Waals surface area contributed by atoms with E-state index in [1.807, 2.05) is 6.07 Å². The van der Waals surface area contributed by atoms with Crippen LogP contribution < -0.4 is 14.8 Å². The Morgan fingerprint density at radius 3 is 2.61 bits per heavy atom. The molecule has 1 N–H and O–H groups in total. The molecule has 1 fully saturated rings. The number of nitrogens with one attached hydrogen (secondary N) is 1. The van der Waals surface area contributed by atoms with Crippen molar-refractivity contribution in [2.75, 3.05) is 32.8 Å². The molecule has 0 aromatic heterocycles. The maximum Gasteiger partial charge on any atom is 0.220 e. The molecule has 28 heavy (non-hydrogen) atoms. The minimum atomic E-state index is 0.142. The summed E-state index contributed by atoms with van der Waals surface area (Å²) in [5, 5.41) is 3.31. The predicted octanol–water partition coefficient (Wildman–Crippen LogP) is 3.94. The molecule has 0 aliphatic carbocycles. The Morgan fingerprint density at radius 2 is 1.82 bits per heavy atom. The van der Waals surface area contributed by atoms with Crippen molar-refractivity contribution in [1.82, 2.24) is 10.2 Å². The Morgan fingerprint density at radius 1 is 1.07 bits per heavy atom. The van der Waals surface area contributed by atoms with E-state index in [1.165, 1.54) is 37.7 Å². The molecule has 1 aromatic carbocycles. The average molecular weight is 389 g/mol. The standard InChI is InChI=1S/C23H36N2O3/c1-2-3-4-5-6-9-23(26)24-20(18-25-12-7-8-13-25)16-19-10-11-21-22(17-19)28-15-14-27-21/h10-11,17,20H,2-9,12-16,18H2,1H3,(H,24,26)/t20-/m0/s1. The van der Waals surface area contributed by atoms with Crippen LogP contribution in [0.2, 0.25) is 0 Å². The molecule has 1 atom stereocenters. The number of nitrogens with zero attached hydrogens (tertiary/aromatic N) is 1. The fourth-order valence-corrected chi connectivity index (χ4v) is 4.13. The number of amides is 1. The third kappa shape index (κ3) is 6.69. The fraction of sp³-hybridized carbons (Fsp3) is 0.696. The van der Waals surface area contributed by atoms with Gasteiger partial charge in [0.1, 0.15) is 13.2 Å². The fourth-order valence-electron chi connectivity index (χ4n) is 4.13. The van der Waals surface area contributed by atoms with Crippen molar-refractivity contribution in [3.63, 3.8) is 0 Å². The monoisotopic (exact) mass is 388 g/mol. The molecule has 3 rings (SSSR count). The quantitative estimate of drug-likeness (QED) is 0.584. The van der Waals surface area contributed by atoms with Crippen LogP contribution >= 0.6 is 0 Å². The molecule has 0 saturated carbocycles. The number of likely N-dealkylation sites (tertiary alicyclic amines) is 1. The van der Waals surface area contributed by atoms with E-state index in [1.54, 1.807) is 0 Å². The van der Waals surface area contributed by atoms with Gasteiger partial charge in [-0.2, -0.15) is 0 Å². The highest BCUT2D eigenvalue weighted by molar-refractivity contribution is 5.76. The molecular formula is C23H36N2O3. The van der Waals surface area contributed by atoms with Gasteiger partial charge in [-0.15, -0.1) is 0 Å². The van der Waals surface area contributed by atoms with Crippen LogP contribution in [0.25, 0.3) is 0 Å². The van der Waals surface area contributed by atoms with Crippen LogP contribution in [-0.2, 0) is 11.2 Å². The first-order valence-electron chi connectivity index (χ1n) is 11.1. The van der Waals surface area contributed by atoms with E-state index in [-0.39, 0.29) is 11.9 Å². The second-order valence-corrected chi connectivity index (χ2v) is 8.12. The van der Waals surface area contributed by atoms with Crippen molar-refractivity contribution in [2.45, 2.75) is 70.8 Å². The van der Waals surface area contributed by atoms with Crippen LogP contribution in [0.4, 0.5) is 0 Å². The molecule has 2 aliphatic heterocycles. The highest BCUT2D eigenvalue weighted by Crippen LogP contribution is 2.31. The first kappa shape index (κ1) is 21.0. The summed E-state index contributed by atoms with van der Waals surface area (Å²) in [7, 11) is 0. The number of unbranched alkanes of at least 4 members (excludes halogenated alkanes) is 4. The van der Waals surface area contributed by atoms with Gasteiger partial charge in [0.05, 0.1) is 0 Å². The van der Waals surface area contributed by atoms with Gasteiger partial charge >= 0.3 is 0 Å². The van der Waals surface area contributed by atoms with Crippen LogP contribution in [0.15, 0.2) is 18.2 Å². The first-order valence-corrected chi connectivity index (χ1v) is 11.1. The van der Waals surface area contributed by atoms with Gasteiger partial charge in [0.15, 0.2) is 11.5 Å². The van der Waals surface area contributed by atoms with E-state index < -0.39 is 0 Å². The maximum absolute atomic E-state index is 12.5. The van der Waals surface area contributed by atoms with Crippen LogP contribution in [0.1, 0.15) is 63.9 Å². The van der Waals surface area contributed by atoms with Crippen LogP contribution in [0.5, 0.6) is 11.5 Å². The molecule has 0 radical (unpaired) electrons. The Hall–Kier alpha value is -1.75. The van der Waals surface area contributed by atoms with E-state index >= 15 is 0 Å². The molecule has 5 nitrogen and oxygen atoms in total. The second kappa shape index (κ2) is 11.3. The van der Waals surface area contributed by atoms with Gasteiger partial charge in [-0.25, -0.2) is 0 Å². The molecule has 0 unspecified atom stereocenters. The average Bonchev–Trinajstić information content (AvgIpc) is 3.20.